The summed E-state index contributed by atoms with van der Waals surface area (Å²) in [6, 6.07) is 7.30. The van der Waals surface area contributed by atoms with Crippen LogP contribution in [0, 0.1) is 13.8 Å². The van der Waals surface area contributed by atoms with Gasteiger partial charge in [0, 0.05) is 4.47 Å². The Labute approximate surface area is 108 Å². The van der Waals surface area contributed by atoms with Crippen molar-refractivity contribution in [2.24, 2.45) is 0 Å². The largest absolute Gasteiger partial charge is 0.459 e. The van der Waals surface area contributed by atoms with Gasteiger partial charge in [-0.3, -0.25) is 4.79 Å². The zero-order valence-electron chi connectivity index (χ0n) is 9.58. The molecule has 0 saturated heterocycles. The molecule has 1 amide bonds. The Morgan fingerprint density at radius 3 is 2.71 bits per heavy atom. The zero-order valence-corrected chi connectivity index (χ0v) is 11.2. The van der Waals surface area contributed by atoms with E-state index < -0.39 is 0 Å². The molecule has 1 N–H and O–H groups in total. The molecule has 0 aliphatic heterocycles. The highest BCUT2D eigenvalue weighted by Gasteiger charge is 2.12. The van der Waals surface area contributed by atoms with Crippen LogP contribution >= 0.6 is 15.9 Å². The molecule has 0 aliphatic rings. The quantitative estimate of drug-likeness (QED) is 0.912. The van der Waals surface area contributed by atoms with Crippen LogP contribution in [-0.4, -0.2) is 5.91 Å². The van der Waals surface area contributed by atoms with Crippen LogP contribution in [0.5, 0.6) is 0 Å². The van der Waals surface area contributed by atoms with E-state index in [0.29, 0.717) is 5.76 Å². The molecule has 0 radical (unpaired) electrons. The normalized spacial score (nSPS) is 10.3. The number of amides is 1. The van der Waals surface area contributed by atoms with E-state index in [1.54, 1.807) is 12.1 Å². The molecule has 88 valence electrons. The number of furan rings is 1. The Hall–Kier alpha value is -1.55. The second kappa shape index (κ2) is 4.75. The van der Waals surface area contributed by atoms with Crippen molar-refractivity contribution in [3.8, 4) is 0 Å². The van der Waals surface area contributed by atoms with E-state index >= 15 is 0 Å². The molecule has 1 aromatic carbocycles. The summed E-state index contributed by atoms with van der Waals surface area (Å²) in [5.74, 6) is 0.0551. The standard InChI is InChI=1S/C13H12BrNO2/c1-8-6-9(2)12(10(14)7-8)15-13(16)11-4-3-5-17-11/h3-7H,1-2H3,(H,15,16). The summed E-state index contributed by atoms with van der Waals surface area (Å²) in [7, 11) is 0. The first kappa shape index (κ1) is 11.9. The number of carbonyl (C=O) groups excluding carboxylic acids is 1. The molecule has 0 aliphatic carbocycles. The molecule has 2 rings (SSSR count). The van der Waals surface area contributed by atoms with Gasteiger partial charge in [-0.2, -0.15) is 0 Å². The number of rotatable bonds is 2. The summed E-state index contributed by atoms with van der Waals surface area (Å²) in [5.41, 5.74) is 2.93. The highest BCUT2D eigenvalue weighted by atomic mass is 79.9. The minimum absolute atomic E-state index is 0.248. The van der Waals surface area contributed by atoms with Gasteiger partial charge in [0.2, 0.25) is 0 Å². The van der Waals surface area contributed by atoms with Gasteiger partial charge < -0.3 is 9.73 Å². The summed E-state index contributed by atoms with van der Waals surface area (Å²) in [6.07, 6.45) is 1.48. The first-order valence-electron chi connectivity index (χ1n) is 5.19. The Morgan fingerprint density at radius 2 is 2.12 bits per heavy atom. The van der Waals surface area contributed by atoms with E-state index in [0.717, 1.165) is 21.3 Å². The number of aryl methyl sites for hydroxylation is 2. The lowest BCUT2D eigenvalue weighted by molar-refractivity contribution is 0.0996. The molecule has 17 heavy (non-hydrogen) atoms. The van der Waals surface area contributed by atoms with Gasteiger partial charge in [-0.1, -0.05) is 6.07 Å². The molecular weight excluding hydrogens is 282 g/mol. The van der Waals surface area contributed by atoms with Crippen molar-refractivity contribution in [2.45, 2.75) is 13.8 Å². The van der Waals surface area contributed by atoms with Gasteiger partial charge in [-0.15, -0.1) is 0 Å². The first-order chi connectivity index (χ1) is 8.08. The van der Waals surface area contributed by atoms with Gasteiger partial charge in [0.25, 0.3) is 5.91 Å². The van der Waals surface area contributed by atoms with Crippen molar-refractivity contribution in [1.82, 2.24) is 0 Å². The van der Waals surface area contributed by atoms with Crippen LogP contribution in [-0.2, 0) is 0 Å². The molecule has 1 aromatic heterocycles. The van der Waals surface area contributed by atoms with Crippen molar-refractivity contribution in [2.75, 3.05) is 5.32 Å². The SMILES string of the molecule is Cc1cc(C)c(NC(=O)c2ccco2)c(Br)c1. The second-order valence-corrected chi connectivity index (χ2v) is 4.72. The lowest BCUT2D eigenvalue weighted by atomic mass is 10.1. The van der Waals surface area contributed by atoms with Gasteiger partial charge in [0.15, 0.2) is 5.76 Å². The number of benzene rings is 1. The maximum absolute atomic E-state index is 11.8. The van der Waals surface area contributed by atoms with Crippen LogP contribution in [0.15, 0.2) is 39.4 Å². The molecule has 4 heteroatoms. The molecule has 0 spiro atoms. The average molecular weight is 294 g/mol. The zero-order chi connectivity index (χ0) is 12.4. The fourth-order valence-corrected chi connectivity index (χ4v) is 2.43. The monoisotopic (exact) mass is 293 g/mol. The van der Waals surface area contributed by atoms with Gasteiger partial charge in [0.1, 0.15) is 0 Å². The fraction of sp³-hybridized carbons (Fsp3) is 0.154. The van der Waals surface area contributed by atoms with Gasteiger partial charge in [0.05, 0.1) is 12.0 Å². The average Bonchev–Trinajstić information content (AvgIpc) is 2.76. The number of carbonyl (C=O) groups is 1. The van der Waals surface area contributed by atoms with Crippen molar-refractivity contribution < 1.29 is 9.21 Å². The molecular formula is C13H12BrNO2. The second-order valence-electron chi connectivity index (χ2n) is 3.87. The fourth-order valence-electron chi connectivity index (χ4n) is 1.66. The smallest absolute Gasteiger partial charge is 0.291 e. The molecule has 0 atom stereocenters. The van der Waals surface area contributed by atoms with Gasteiger partial charge >= 0.3 is 0 Å². The van der Waals surface area contributed by atoms with E-state index in [1.165, 1.54) is 6.26 Å². The van der Waals surface area contributed by atoms with Crippen LogP contribution in [0.4, 0.5) is 5.69 Å². The highest BCUT2D eigenvalue weighted by Crippen LogP contribution is 2.28. The summed E-state index contributed by atoms with van der Waals surface area (Å²) in [6.45, 7) is 3.96. The minimum atomic E-state index is -0.248. The Balaban J connectivity index is 2.28. The summed E-state index contributed by atoms with van der Waals surface area (Å²) < 4.78 is 5.91. The van der Waals surface area contributed by atoms with Crippen LogP contribution in [0.2, 0.25) is 0 Å². The Bertz CT molecular complexity index is 524. The Morgan fingerprint density at radius 1 is 1.35 bits per heavy atom. The van der Waals surface area contributed by atoms with Crippen LogP contribution in [0.25, 0.3) is 0 Å². The van der Waals surface area contributed by atoms with Crippen LogP contribution < -0.4 is 5.32 Å². The minimum Gasteiger partial charge on any atom is -0.459 e. The van der Waals surface area contributed by atoms with E-state index in [1.807, 2.05) is 26.0 Å². The van der Waals surface area contributed by atoms with Gasteiger partial charge in [-0.25, -0.2) is 0 Å². The van der Waals surface area contributed by atoms with E-state index in [2.05, 4.69) is 21.2 Å². The third kappa shape index (κ3) is 2.58. The maximum Gasteiger partial charge on any atom is 0.291 e. The number of anilines is 1. The molecule has 3 nitrogen and oxygen atoms in total. The van der Waals surface area contributed by atoms with E-state index in [4.69, 9.17) is 4.42 Å². The number of nitrogens with one attached hydrogen (secondary N) is 1. The predicted octanol–water partition coefficient (Wildman–Crippen LogP) is 3.91. The summed E-state index contributed by atoms with van der Waals surface area (Å²) >= 11 is 3.44. The Kier molecular flexibility index (Phi) is 3.33. The van der Waals surface area contributed by atoms with Crippen molar-refractivity contribution >= 4 is 27.5 Å². The first-order valence-corrected chi connectivity index (χ1v) is 5.99. The molecule has 0 fully saturated rings. The third-order valence-corrected chi connectivity index (χ3v) is 3.04. The van der Waals surface area contributed by atoms with E-state index in [-0.39, 0.29) is 5.91 Å². The number of hydrogen-bond donors (Lipinski definition) is 1. The van der Waals surface area contributed by atoms with Gasteiger partial charge in [-0.05, 0) is 59.1 Å². The van der Waals surface area contributed by atoms with Crippen LogP contribution in [0.3, 0.4) is 0 Å². The van der Waals surface area contributed by atoms with E-state index in [9.17, 15) is 4.79 Å². The number of halogens is 1. The lowest BCUT2D eigenvalue weighted by Gasteiger charge is -2.10. The number of hydrogen-bond acceptors (Lipinski definition) is 2. The molecule has 0 unspecified atom stereocenters. The summed E-state index contributed by atoms with van der Waals surface area (Å²) in [5, 5.41) is 2.83. The maximum atomic E-state index is 11.8. The molecule has 2 aromatic rings. The topological polar surface area (TPSA) is 42.2 Å². The molecule has 0 bridgehead atoms. The van der Waals surface area contributed by atoms with Crippen molar-refractivity contribution in [3.05, 3.63) is 51.9 Å². The van der Waals surface area contributed by atoms with Crippen molar-refractivity contribution in [3.63, 3.8) is 0 Å². The lowest BCUT2D eigenvalue weighted by Crippen LogP contribution is -2.12. The van der Waals surface area contributed by atoms with Crippen LogP contribution in [0.1, 0.15) is 21.7 Å². The molecule has 0 saturated carbocycles. The molecule has 1 heterocycles. The summed E-state index contributed by atoms with van der Waals surface area (Å²) in [4.78, 5) is 11.8. The predicted molar refractivity (Wildman–Crippen MR) is 70.3 cm³/mol. The van der Waals surface area contributed by atoms with Crippen molar-refractivity contribution in [1.29, 1.82) is 0 Å². The highest BCUT2D eigenvalue weighted by molar-refractivity contribution is 9.10. The third-order valence-electron chi connectivity index (χ3n) is 2.42.